The molecular weight excluding hydrogens is 211 g/mol. The Morgan fingerprint density at radius 1 is 1.40 bits per heavy atom. The number of rotatable bonds is 4. The molecule has 0 radical (unpaired) electrons. The summed E-state index contributed by atoms with van der Waals surface area (Å²) in [6, 6.07) is -1.10. The van der Waals surface area contributed by atoms with Crippen LogP contribution in [0.2, 0.25) is 0 Å². The van der Waals surface area contributed by atoms with Crippen LogP contribution in [0.25, 0.3) is 0 Å². The predicted octanol–water partition coefficient (Wildman–Crippen LogP) is 1.39. The SMILES string of the molecule is CC(C)N(CC(F)(F)F)C(C)C(N)=NO. The van der Waals surface area contributed by atoms with Crippen molar-refractivity contribution in [2.24, 2.45) is 10.9 Å². The van der Waals surface area contributed by atoms with E-state index in [-0.39, 0.29) is 11.9 Å². The number of hydrogen-bond donors (Lipinski definition) is 2. The Kier molecular flexibility index (Phi) is 4.86. The van der Waals surface area contributed by atoms with Crippen LogP contribution in [0, 0.1) is 0 Å². The van der Waals surface area contributed by atoms with Crippen LogP contribution in [-0.4, -0.2) is 40.7 Å². The summed E-state index contributed by atoms with van der Waals surface area (Å²) >= 11 is 0. The van der Waals surface area contributed by atoms with E-state index in [1.165, 1.54) is 6.92 Å². The normalized spacial score (nSPS) is 16.1. The molecule has 0 aliphatic rings. The van der Waals surface area contributed by atoms with Gasteiger partial charge in [-0.25, -0.2) is 0 Å². The second kappa shape index (κ2) is 5.20. The van der Waals surface area contributed by atoms with Crippen LogP contribution in [0.5, 0.6) is 0 Å². The van der Waals surface area contributed by atoms with Gasteiger partial charge in [0, 0.05) is 6.04 Å². The van der Waals surface area contributed by atoms with Crippen molar-refractivity contribution in [1.29, 1.82) is 0 Å². The third-order valence-electron chi connectivity index (χ3n) is 2.07. The lowest BCUT2D eigenvalue weighted by molar-refractivity contribution is -0.151. The van der Waals surface area contributed by atoms with Gasteiger partial charge in [-0.15, -0.1) is 0 Å². The zero-order valence-electron chi connectivity index (χ0n) is 8.91. The van der Waals surface area contributed by atoms with Gasteiger partial charge in [-0.3, -0.25) is 4.90 Å². The Balaban J connectivity index is 4.68. The van der Waals surface area contributed by atoms with Crippen molar-refractivity contribution in [2.75, 3.05) is 6.54 Å². The van der Waals surface area contributed by atoms with Crippen molar-refractivity contribution in [1.82, 2.24) is 4.90 Å². The maximum absolute atomic E-state index is 12.2. The summed E-state index contributed by atoms with van der Waals surface area (Å²) in [5.74, 6) is -0.229. The molecule has 0 rings (SSSR count). The molecule has 0 aromatic carbocycles. The molecule has 0 aromatic rings. The van der Waals surface area contributed by atoms with E-state index >= 15 is 0 Å². The molecule has 0 aliphatic carbocycles. The van der Waals surface area contributed by atoms with E-state index in [1.54, 1.807) is 13.8 Å². The van der Waals surface area contributed by atoms with Gasteiger partial charge in [-0.05, 0) is 20.8 Å². The summed E-state index contributed by atoms with van der Waals surface area (Å²) in [6.07, 6.45) is -4.30. The number of halogens is 3. The molecule has 0 spiro atoms. The van der Waals surface area contributed by atoms with Crippen molar-refractivity contribution in [2.45, 2.75) is 39.0 Å². The second-order valence-corrected chi connectivity index (χ2v) is 3.58. The molecule has 0 saturated carbocycles. The van der Waals surface area contributed by atoms with Crippen molar-refractivity contribution in [3.05, 3.63) is 0 Å². The summed E-state index contributed by atoms with van der Waals surface area (Å²) in [4.78, 5) is 1.11. The van der Waals surface area contributed by atoms with Crippen LogP contribution in [0.3, 0.4) is 0 Å². The van der Waals surface area contributed by atoms with E-state index in [0.29, 0.717) is 0 Å². The fourth-order valence-corrected chi connectivity index (χ4v) is 1.23. The average molecular weight is 227 g/mol. The standard InChI is InChI=1S/C8H16F3N3O/c1-5(2)14(4-8(9,10)11)6(3)7(12)13-15/h5-6,15H,4H2,1-3H3,(H2,12,13). The minimum Gasteiger partial charge on any atom is -0.409 e. The molecule has 90 valence electrons. The highest BCUT2D eigenvalue weighted by atomic mass is 19.4. The number of oxime groups is 1. The Morgan fingerprint density at radius 3 is 2.13 bits per heavy atom. The molecule has 0 bridgehead atoms. The van der Waals surface area contributed by atoms with E-state index < -0.39 is 18.8 Å². The molecule has 0 heterocycles. The molecule has 7 heteroatoms. The topological polar surface area (TPSA) is 61.8 Å². The first-order chi connectivity index (χ1) is 6.69. The van der Waals surface area contributed by atoms with Crippen LogP contribution in [0.1, 0.15) is 20.8 Å². The number of amidine groups is 1. The smallest absolute Gasteiger partial charge is 0.401 e. The zero-order chi connectivity index (χ0) is 12.2. The van der Waals surface area contributed by atoms with Crippen LogP contribution >= 0.6 is 0 Å². The highest BCUT2D eigenvalue weighted by Gasteiger charge is 2.34. The average Bonchev–Trinajstić information content (AvgIpc) is 2.10. The van der Waals surface area contributed by atoms with Crippen molar-refractivity contribution < 1.29 is 18.4 Å². The molecule has 0 amide bonds. The van der Waals surface area contributed by atoms with Crippen molar-refractivity contribution in [3.8, 4) is 0 Å². The summed E-state index contributed by atoms with van der Waals surface area (Å²) in [6.45, 7) is 3.61. The molecule has 0 aromatic heterocycles. The summed E-state index contributed by atoms with van der Waals surface area (Å²) in [5.41, 5.74) is 5.27. The Morgan fingerprint density at radius 2 is 1.87 bits per heavy atom. The van der Waals surface area contributed by atoms with Crippen molar-refractivity contribution in [3.63, 3.8) is 0 Å². The summed E-state index contributed by atoms with van der Waals surface area (Å²) < 4.78 is 36.6. The molecule has 1 unspecified atom stereocenters. The van der Waals surface area contributed by atoms with Gasteiger partial charge in [0.15, 0.2) is 5.84 Å². The highest BCUT2D eigenvalue weighted by Crippen LogP contribution is 2.19. The quantitative estimate of drug-likeness (QED) is 0.330. The van der Waals surface area contributed by atoms with E-state index in [0.717, 1.165) is 4.90 Å². The third kappa shape index (κ3) is 4.87. The third-order valence-corrected chi connectivity index (χ3v) is 2.07. The second-order valence-electron chi connectivity index (χ2n) is 3.58. The van der Waals surface area contributed by atoms with Crippen LogP contribution < -0.4 is 5.73 Å². The van der Waals surface area contributed by atoms with Crippen LogP contribution in [0.15, 0.2) is 5.16 Å². The first-order valence-electron chi connectivity index (χ1n) is 4.49. The van der Waals surface area contributed by atoms with Crippen LogP contribution in [-0.2, 0) is 0 Å². The van der Waals surface area contributed by atoms with Crippen molar-refractivity contribution >= 4 is 5.84 Å². The molecule has 0 saturated heterocycles. The lowest BCUT2D eigenvalue weighted by Gasteiger charge is -2.32. The Bertz CT molecular complexity index is 228. The minimum absolute atomic E-state index is 0.229. The zero-order valence-corrected chi connectivity index (χ0v) is 8.91. The minimum atomic E-state index is -4.30. The molecular formula is C8H16F3N3O. The van der Waals surface area contributed by atoms with E-state index in [9.17, 15) is 13.2 Å². The fourth-order valence-electron chi connectivity index (χ4n) is 1.23. The first-order valence-corrected chi connectivity index (χ1v) is 4.49. The summed E-state index contributed by atoms with van der Waals surface area (Å²) in [7, 11) is 0. The van der Waals surface area contributed by atoms with Gasteiger partial charge in [0.2, 0.25) is 0 Å². The van der Waals surface area contributed by atoms with Gasteiger partial charge in [0.05, 0.1) is 12.6 Å². The predicted molar refractivity (Wildman–Crippen MR) is 50.8 cm³/mol. The van der Waals surface area contributed by atoms with Gasteiger partial charge in [0.25, 0.3) is 0 Å². The maximum Gasteiger partial charge on any atom is 0.401 e. The van der Waals surface area contributed by atoms with Gasteiger partial charge >= 0.3 is 6.18 Å². The monoisotopic (exact) mass is 227 g/mol. The molecule has 15 heavy (non-hydrogen) atoms. The van der Waals surface area contributed by atoms with Gasteiger partial charge in [0.1, 0.15) is 0 Å². The van der Waals surface area contributed by atoms with E-state index in [4.69, 9.17) is 10.9 Å². The largest absolute Gasteiger partial charge is 0.409 e. The molecule has 0 fully saturated rings. The number of hydrogen-bond acceptors (Lipinski definition) is 3. The van der Waals surface area contributed by atoms with Gasteiger partial charge < -0.3 is 10.9 Å². The lowest BCUT2D eigenvalue weighted by Crippen LogP contribution is -2.50. The molecule has 3 N–H and O–H groups in total. The summed E-state index contributed by atoms with van der Waals surface area (Å²) in [5, 5.41) is 11.1. The van der Waals surface area contributed by atoms with Gasteiger partial charge in [-0.1, -0.05) is 5.16 Å². The Hall–Kier alpha value is -0.980. The van der Waals surface area contributed by atoms with Crippen LogP contribution in [0.4, 0.5) is 13.2 Å². The number of alkyl halides is 3. The van der Waals surface area contributed by atoms with E-state index in [2.05, 4.69) is 5.16 Å². The number of nitrogens with zero attached hydrogens (tertiary/aromatic N) is 2. The Labute approximate surface area is 86.5 Å². The number of nitrogens with two attached hydrogens (primary N) is 1. The highest BCUT2D eigenvalue weighted by molar-refractivity contribution is 5.84. The first kappa shape index (κ1) is 14.0. The fraction of sp³-hybridized carbons (Fsp3) is 0.875. The van der Waals surface area contributed by atoms with E-state index in [1.807, 2.05) is 0 Å². The molecule has 4 nitrogen and oxygen atoms in total. The van der Waals surface area contributed by atoms with Gasteiger partial charge in [-0.2, -0.15) is 13.2 Å². The lowest BCUT2D eigenvalue weighted by atomic mass is 10.2. The maximum atomic E-state index is 12.2. The molecule has 1 atom stereocenters. The molecule has 0 aliphatic heterocycles.